The van der Waals surface area contributed by atoms with Gasteiger partial charge in [0.2, 0.25) is 0 Å². The molecule has 1 aliphatic heterocycles. The van der Waals surface area contributed by atoms with Crippen LogP contribution in [0.4, 0.5) is 0 Å². The van der Waals surface area contributed by atoms with E-state index in [1.807, 2.05) is 24.3 Å². The first-order valence-corrected chi connectivity index (χ1v) is 7.30. The van der Waals surface area contributed by atoms with Crippen molar-refractivity contribution in [1.29, 1.82) is 0 Å². The summed E-state index contributed by atoms with van der Waals surface area (Å²) in [6, 6.07) is 13.3. The molecular weight excluding hydrogens is 302 g/mol. The molecule has 1 amide bonds. The van der Waals surface area contributed by atoms with Gasteiger partial charge in [-0.05, 0) is 35.4 Å². The number of halogens is 1. The molecule has 1 atom stereocenters. The second-order valence-electron chi connectivity index (χ2n) is 5.27. The summed E-state index contributed by atoms with van der Waals surface area (Å²) in [4.78, 5) is 25.6. The Morgan fingerprint density at radius 3 is 2.32 bits per heavy atom. The van der Waals surface area contributed by atoms with Gasteiger partial charge < -0.3 is 10.0 Å². The van der Waals surface area contributed by atoms with E-state index >= 15 is 0 Å². The molecule has 0 saturated carbocycles. The molecule has 0 saturated heterocycles. The third-order valence-electron chi connectivity index (χ3n) is 3.89. The molecular formula is C17H14ClNO3. The number of benzene rings is 2. The van der Waals surface area contributed by atoms with Crippen LogP contribution in [-0.2, 0) is 17.8 Å². The third-order valence-corrected chi connectivity index (χ3v) is 4.14. The SMILES string of the molecule is O=C(O)C1Cc2ccccc2CN1C(=O)c1ccc(Cl)cc1. The first-order valence-electron chi connectivity index (χ1n) is 6.92. The van der Waals surface area contributed by atoms with Crippen LogP contribution >= 0.6 is 11.6 Å². The van der Waals surface area contributed by atoms with E-state index in [2.05, 4.69) is 0 Å². The summed E-state index contributed by atoms with van der Waals surface area (Å²) in [6.45, 7) is 0.300. The quantitative estimate of drug-likeness (QED) is 0.927. The summed E-state index contributed by atoms with van der Waals surface area (Å²) in [5.41, 5.74) is 2.41. The van der Waals surface area contributed by atoms with Crippen LogP contribution in [0.3, 0.4) is 0 Å². The normalized spacial score (nSPS) is 17.0. The molecule has 1 aliphatic rings. The smallest absolute Gasteiger partial charge is 0.326 e. The molecule has 3 rings (SSSR count). The minimum atomic E-state index is -0.989. The lowest BCUT2D eigenvalue weighted by atomic mass is 9.93. The highest BCUT2D eigenvalue weighted by Gasteiger charge is 2.34. The Bertz CT molecular complexity index is 727. The maximum absolute atomic E-state index is 12.7. The van der Waals surface area contributed by atoms with E-state index in [4.69, 9.17) is 11.6 Å². The zero-order valence-electron chi connectivity index (χ0n) is 11.7. The fourth-order valence-electron chi connectivity index (χ4n) is 2.72. The highest BCUT2D eigenvalue weighted by Crippen LogP contribution is 2.25. The van der Waals surface area contributed by atoms with Crippen molar-refractivity contribution in [3.63, 3.8) is 0 Å². The van der Waals surface area contributed by atoms with Crippen LogP contribution in [0, 0.1) is 0 Å². The van der Waals surface area contributed by atoms with Gasteiger partial charge in [-0.2, -0.15) is 0 Å². The molecule has 0 fully saturated rings. The number of rotatable bonds is 2. The van der Waals surface area contributed by atoms with Crippen LogP contribution in [-0.4, -0.2) is 27.9 Å². The summed E-state index contributed by atoms with van der Waals surface area (Å²) in [5.74, 6) is -1.28. The minimum absolute atomic E-state index is 0.293. The molecule has 0 spiro atoms. The Hall–Kier alpha value is -2.33. The van der Waals surface area contributed by atoms with Crippen LogP contribution in [0.1, 0.15) is 21.5 Å². The van der Waals surface area contributed by atoms with Crippen LogP contribution in [0.2, 0.25) is 5.02 Å². The van der Waals surface area contributed by atoms with Crippen molar-refractivity contribution in [2.45, 2.75) is 19.0 Å². The number of carboxylic acids is 1. The van der Waals surface area contributed by atoms with Gasteiger partial charge in [-0.25, -0.2) is 4.79 Å². The molecule has 1 heterocycles. The number of carboxylic acid groups (broad SMARTS) is 1. The fourth-order valence-corrected chi connectivity index (χ4v) is 2.84. The van der Waals surface area contributed by atoms with E-state index in [-0.39, 0.29) is 5.91 Å². The van der Waals surface area contributed by atoms with Crippen LogP contribution < -0.4 is 0 Å². The van der Waals surface area contributed by atoms with Crippen LogP contribution in [0.5, 0.6) is 0 Å². The Balaban J connectivity index is 1.95. The largest absolute Gasteiger partial charge is 0.480 e. The number of fused-ring (bicyclic) bond motifs is 1. The summed E-state index contributed by atoms with van der Waals surface area (Å²) < 4.78 is 0. The van der Waals surface area contributed by atoms with E-state index < -0.39 is 12.0 Å². The molecule has 0 bridgehead atoms. The lowest BCUT2D eigenvalue weighted by Gasteiger charge is -2.34. The van der Waals surface area contributed by atoms with Crippen molar-refractivity contribution in [2.75, 3.05) is 0 Å². The predicted octanol–water partition coefficient (Wildman–Crippen LogP) is 2.99. The molecule has 112 valence electrons. The Kier molecular flexibility index (Phi) is 3.86. The van der Waals surface area contributed by atoms with Gasteiger partial charge in [0.05, 0.1) is 0 Å². The lowest BCUT2D eigenvalue weighted by molar-refractivity contribution is -0.142. The second-order valence-corrected chi connectivity index (χ2v) is 5.70. The van der Waals surface area contributed by atoms with Gasteiger partial charge in [-0.3, -0.25) is 4.79 Å². The average molecular weight is 316 g/mol. The van der Waals surface area contributed by atoms with E-state index in [1.54, 1.807) is 24.3 Å². The van der Waals surface area contributed by atoms with E-state index in [9.17, 15) is 14.7 Å². The highest BCUT2D eigenvalue weighted by atomic mass is 35.5. The number of carbonyl (C=O) groups is 2. The van der Waals surface area contributed by atoms with Crippen LogP contribution in [0.15, 0.2) is 48.5 Å². The monoisotopic (exact) mass is 315 g/mol. The van der Waals surface area contributed by atoms with Crippen molar-refractivity contribution in [2.24, 2.45) is 0 Å². The van der Waals surface area contributed by atoms with Gasteiger partial charge in [-0.15, -0.1) is 0 Å². The fraction of sp³-hybridized carbons (Fsp3) is 0.176. The first-order chi connectivity index (χ1) is 10.6. The minimum Gasteiger partial charge on any atom is -0.480 e. The number of aliphatic carboxylic acids is 1. The molecule has 2 aromatic rings. The van der Waals surface area contributed by atoms with Gasteiger partial charge in [0.25, 0.3) is 5.91 Å². The highest BCUT2D eigenvalue weighted by molar-refractivity contribution is 6.30. The van der Waals surface area contributed by atoms with Gasteiger partial charge in [-0.1, -0.05) is 35.9 Å². The van der Waals surface area contributed by atoms with Gasteiger partial charge in [0.1, 0.15) is 6.04 Å². The van der Waals surface area contributed by atoms with Crippen molar-refractivity contribution in [1.82, 2.24) is 4.90 Å². The average Bonchev–Trinajstić information content (AvgIpc) is 2.53. The van der Waals surface area contributed by atoms with Crippen molar-refractivity contribution in [3.05, 3.63) is 70.2 Å². The number of carbonyl (C=O) groups excluding carboxylic acids is 1. The van der Waals surface area contributed by atoms with Gasteiger partial charge in [0, 0.05) is 23.6 Å². The van der Waals surface area contributed by atoms with Crippen molar-refractivity contribution >= 4 is 23.5 Å². The summed E-state index contributed by atoms with van der Waals surface area (Å²) in [5, 5.41) is 10.00. The summed E-state index contributed by atoms with van der Waals surface area (Å²) in [7, 11) is 0. The van der Waals surface area contributed by atoms with Crippen molar-refractivity contribution in [3.8, 4) is 0 Å². The van der Waals surface area contributed by atoms with E-state index in [1.165, 1.54) is 4.90 Å². The molecule has 0 aliphatic carbocycles. The zero-order valence-corrected chi connectivity index (χ0v) is 12.5. The molecule has 1 unspecified atom stereocenters. The predicted molar refractivity (Wildman–Crippen MR) is 82.9 cm³/mol. The Labute approximate surface area is 132 Å². The van der Waals surface area contributed by atoms with E-state index in [0.29, 0.717) is 23.6 Å². The Morgan fingerprint density at radius 2 is 1.68 bits per heavy atom. The maximum Gasteiger partial charge on any atom is 0.326 e. The molecule has 1 N–H and O–H groups in total. The number of nitrogens with zero attached hydrogens (tertiary/aromatic N) is 1. The summed E-state index contributed by atoms with van der Waals surface area (Å²) in [6.07, 6.45) is 0.324. The topological polar surface area (TPSA) is 57.6 Å². The van der Waals surface area contributed by atoms with Crippen molar-refractivity contribution < 1.29 is 14.7 Å². The Morgan fingerprint density at radius 1 is 1.05 bits per heavy atom. The van der Waals surface area contributed by atoms with Gasteiger partial charge in [0.15, 0.2) is 0 Å². The molecule has 4 nitrogen and oxygen atoms in total. The zero-order chi connectivity index (χ0) is 15.7. The lowest BCUT2D eigenvalue weighted by Crippen LogP contribution is -2.48. The molecule has 2 aromatic carbocycles. The first kappa shape index (κ1) is 14.6. The molecule has 0 aromatic heterocycles. The number of hydrogen-bond donors (Lipinski definition) is 1. The third kappa shape index (κ3) is 2.70. The molecule has 22 heavy (non-hydrogen) atoms. The maximum atomic E-state index is 12.7. The number of amides is 1. The van der Waals surface area contributed by atoms with Crippen LogP contribution in [0.25, 0.3) is 0 Å². The second kappa shape index (κ2) is 5.81. The van der Waals surface area contributed by atoms with Gasteiger partial charge >= 0.3 is 5.97 Å². The van der Waals surface area contributed by atoms with E-state index in [0.717, 1.165) is 11.1 Å². The number of hydrogen-bond acceptors (Lipinski definition) is 2. The standard InChI is InChI=1S/C17H14ClNO3/c18-14-7-5-11(6-8-14)16(20)19-10-13-4-2-1-3-12(13)9-15(19)17(21)22/h1-8,15H,9-10H2,(H,21,22). The molecule has 0 radical (unpaired) electrons. The summed E-state index contributed by atoms with van der Waals surface area (Å²) >= 11 is 5.83. The molecule has 5 heteroatoms.